The molecule has 0 unspecified atom stereocenters. The number of nitrogens with one attached hydrogen (secondary N) is 1. The van der Waals surface area contributed by atoms with E-state index in [1.165, 1.54) is 5.69 Å². The number of hydrogen-bond acceptors (Lipinski definition) is 2. The third-order valence-electron chi connectivity index (χ3n) is 2.51. The number of hydrogen-bond donors (Lipinski definition) is 1. The van der Waals surface area contributed by atoms with E-state index in [4.69, 9.17) is 0 Å². The van der Waals surface area contributed by atoms with E-state index in [0.29, 0.717) is 0 Å². The maximum Gasteiger partial charge on any atom is 0.267 e. The zero-order chi connectivity index (χ0) is 10.3. The van der Waals surface area contributed by atoms with Crippen LogP contribution in [0, 0.1) is 0 Å². The van der Waals surface area contributed by atoms with Crippen LogP contribution in [0.2, 0.25) is 0 Å². The summed E-state index contributed by atoms with van der Waals surface area (Å²) in [6.45, 7) is 6.34. The van der Waals surface area contributed by atoms with E-state index in [9.17, 15) is 4.79 Å². The molecule has 3 nitrogen and oxygen atoms in total. The Morgan fingerprint density at radius 3 is 2.79 bits per heavy atom. The van der Waals surface area contributed by atoms with Crippen molar-refractivity contribution in [2.75, 3.05) is 5.75 Å². The molecule has 2 heterocycles. The molecule has 1 N–H and O–H groups in total. The molecule has 1 aromatic heterocycles. The minimum atomic E-state index is -0.0232. The normalized spacial score (nSPS) is 16.8. The quantitative estimate of drug-likeness (QED) is 0.711. The first kappa shape index (κ1) is 9.90. The lowest BCUT2D eigenvalue weighted by molar-refractivity contribution is 0.345. The molecule has 0 atom stereocenters. The highest BCUT2D eigenvalue weighted by molar-refractivity contribution is 7.98. The Labute approximate surface area is 87.9 Å². The van der Waals surface area contributed by atoms with Gasteiger partial charge in [0.1, 0.15) is 0 Å². The fourth-order valence-electron chi connectivity index (χ4n) is 1.83. The van der Waals surface area contributed by atoms with Crippen molar-refractivity contribution in [3.8, 4) is 0 Å². The molecule has 0 bridgehead atoms. The molecule has 4 heteroatoms. The highest BCUT2D eigenvalue weighted by atomic mass is 32.2. The van der Waals surface area contributed by atoms with Gasteiger partial charge in [-0.1, -0.05) is 0 Å². The van der Waals surface area contributed by atoms with Crippen LogP contribution in [0.3, 0.4) is 0 Å². The Morgan fingerprint density at radius 2 is 2.14 bits per heavy atom. The zero-order valence-corrected chi connectivity index (χ0v) is 9.70. The summed E-state index contributed by atoms with van der Waals surface area (Å²) in [5, 5.41) is 2.94. The molecule has 14 heavy (non-hydrogen) atoms. The second kappa shape index (κ2) is 3.19. The summed E-state index contributed by atoms with van der Waals surface area (Å²) in [7, 11) is 0. The first-order valence-corrected chi connectivity index (χ1v) is 6.06. The van der Waals surface area contributed by atoms with Crippen LogP contribution in [0.5, 0.6) is 0 Å². The standard InChI is InChI=1S/C10H16N2OS/c1-10(2,3)12-8-6-14-5-4-7(8)9(13)11-12/h4-6H2,1-3H3,(H,11,13). The van der Waals surface area contributed by atoms with Gasteiger partial charge in [0.2, 0.25) is 0 Å². The van der Waals surface area contributed by atoms with E-state index >= 15 is 0 Å². The van der Waals surface area contributed by atoms with E-state index in [1.807, 2.05) is 16.4 Å². The summed E-state index contributed by atoms with van der Waals surface area (Å²) in [5.74, 6) is 2.04. The summed E-state index contributed by atoms with van der Waals surface area (Å²) >= 11 is 1.90. The van der Waals surface area contributed by atoms with E-state index in [2.05, 4.69) is 25.9 Å². The SMILES string of the molecule is CC(C)(C)n1[nH]c(=O)c2c1CSCC2. The van der Waals surface area contributed by atoms with Crippen molar-refractivity contribution < 1.29 is 0 Å². The fourth-order valence-corrected chi connectivity index (χ4v) is 2.82. The minimum Gasteiger partial charge on any atom is -0.283 e. The van der Waals surface area contributed by atoms with Crippen LogP contribution in [-0.2, 0) is 17.7 Å². The summed E-state index contributed by atoms with van der Waals surface area (Å²) in [5.41, 5.74) is 2.28. The van der Waals surface area contributed by atoms with Crippen molar-refractivity contribution in [2.45, 2.75) is 38.5 Å². The molecule has 0 radical (unpaired) electrons. The lowest BCUT2D eigenvalue weighted by Gasteiger charge is -2.25. The molecule has 78 valence electrons. The molecule has 0 saturated carbocycles. The maximum absolute atomic E-state index is 11.6. The van der Waals surface area contributed by atoms with Crippen molar-refractivity contribution >= 4 is 11.8 Å². The van der Waals surface area contributed by atoms with E-state index in [0.717, 1.165) is 23.5 Å². The number of nitrogens with zero attached hydrogens (tertiary/aromatic N) is 1. The summed E-state index contributed by atoms with van der Waals surface area (Å²) < 4.78 is 2.02. The largest absolute Gasteiger partial charge is 0.283 e. The Balaban J connectivity index is 2.58. The monoisotopic (exact) mass is 212 g/mol. The van der Waals surface area contributed by atoms with Gasteiger partial charge in [0.05, 0.1) is 11.2 Å². The lowest BCUT2D eigenvalue weighted by Crippen LogP contribution is -2.26. The van der Waals surface area contributed by atoms with E-state index < -0.39 is 0 Å². The van der Waals surface area contributed by atoms with Gasteiger partial charge in [0.25, 0.3) is 5.56 Å². The molecule has 0 aliphatic carbocycles. The molecular weight excluding hydrogens is 196 g/mol. The predicted molar refractivity (Wildman–Crippen MR) is 59.9 cm³/mol. The van der Waals surface area contributed by atoms with Crippen LogP contribution >= 0.6 is 11.8 Å². The van der Waals surface area contributed by atoms with Gasteiger partial charge in [0.15, 0.2) is 0 Å². The van der Waals surface area contributed by atoms with Gasteiger partial charge in [-0.3, -0.25) is 14.6 Å². The van der Waals surface area contributed by atoms with Crippen molar-refractivity contribution in [1.29, 1.82) is 0 Å². The number of thioether (sulfide) groups is 1. The van der Waals surface area contributed by atoms with Crippen LogP contribution in [0.1, 0.15) is 32.0 Å². The maximum atomic E-state index is 11.6. The third-order valence-corrected chi connectivity index (χ3v) is 3.48. The molecule has 1 aliphatic heterocycles. The molecule has 1 aliphatic rings. The van der Waals surface area contributed by atoms with Crippen LogP contribution in [0.4, 0.5) is 0 Å². The summed E-state index contributed by atoms with van der Waals surface area (Å²) in [4.78, 5) is 11.6. The van der Waals surface area contributed by atoms with Crippen molar-refractivity contribution in [3.63, 3.8) is 0 Å². The van der Waals surface area contributed by atoms with Gasteiger partial charge >= 0.3 is 0 Å². The van der Waals surface area contributed by atoms with Gasteiger partial charge < -0.3 is 0 Å². The Kier molecular flexibility index (Phi) is 2.26. The highest BCUT2D eigenvalue weighted by Gasteiger charge is 2.24. The summed E-state index contributed by atoms with van der Waals surface area (Å²) in [6, 6.07) is 0. The van der Waals surface area contributed by atoms with Crippen LogP contribution in [-0.4, -0.2) is 15.5 Å². The number of rotatable bonds is 0. The first-order chi connectivity index (χ1) is 6.50. The van der Waals surface area contributed by atoms with Crippen LogP contribution in [0.15, 0.2) is 4.79 Å². The van der Waals surface area contributed by atoms with Gasteiger partial charge in [-0.05, 0) is 32.9 Å². The topological polar surface area (TPSA) is 37.8 Å². The number of aromatic amines is 1. The van der Waals surface area contributed by atoms with Crippen molar-refractivity contribution in [1.82, 2.24) is 9.78 Å². The number of aromatic nitrogens is 2. The summed E-state index contributed by atoms with van der Waals surface area (Å²) in [6.07, 6.45) is 0.915. The first-order valence-electron chi connectivity index (χ1n) is 4.91. The molecule has 0 amide bonds. The minimum absolute atomic E-state index is 0.0232. The molecule has 2 rings (SSSR count). The second-order valence-corrected chi connectivity index (χ2v) is 5.78. The number of H-pyrrole nitrogens is 1. The second-order valence-electron chi connectivity index (χ2n) is 4.67. The smallest absolute Gasteiger partial charge is 0.267 e. The Bertz CT molecular complexity index is 397. The molecule has 1 aromatic rings. The average molecular weight is 212 g/mol. The predicted octanol–water partition coefficient (Wildman–Crippen LogP) is 1.72. The van der Waals surface area contributed by atoms with Gasteiger partial charge in [0, 0.05) is 11.3 Å². The van der Waals surface area contributed by atoms with Crippen LogP contribution in [0.25, 0.3) is 0 Å². The highest BCUT2D eigenvalue weighted by Crippen LogP contribution is 2.25. The Morgan fingerprint density at radius 1 is 1.43 bits per heavy atom. The molecule has 0 spiro atoms. The molecule has 0 aromatic carbocycles. The fraction of sp³-hybridized carbons (Fsp3) is 0.700. The van der Waals surface area contributed by atoms with Crippen molar-refractivity contribution in [3.05, 3.63) is 21.6 Å². The van der Waals surface area contributed by atoms with Gasteiger partial charge in [-0.15, -0.1) is 0 Å². The average Bonchev–Trinajstić information content (AvgIpc) is 2.44. The van der Waals surface area contributed by atoms with E-state index in [1.54, 1.807) is 0 Å². The zero-order valence-electron chi connectivity index (χ0n) is 8.89. The molecule has 0 fully saturated rings. The molecule has 0 saturated heterocycles. The van der Waals surface area contributed by atoms with Crippen molar-refractivity contribution in [2.24, 2.45) is 0 Å². The molecular formula is C10H16N2OS. The van der Waals surface area contributed by atoms with Gasteiger partial charge in [-0.2, -0.15) is 11.8 Å². The van der Waals surface area contributed by atoms with Gasteiger partial charge in [-0.25, -0.2) is 0 Å². The Hall–Kier alpha value is -0.640. The van der Waals surface area contributed by atoms with E-state index in [-0.39, 0.29) is 11.1 Å². The lowest BCUT2D eigenvalue weighted by atomic mass is 10.1. The number of fused-ring (bicyclic) bond motifs is 1. The van der Waals surface area contributed by atoms with Crippen LogP contribution < -0.4 is 5.56 Å². The third kappa shape index (κ3) is 1.52.